The van der Waals surface area contributed by atoms with Crippen LogP contribution in [0.15, 0.2) is 46.3 Å². The van der Waals surface area contributed by atoms with Crippen molar-refractivity contribution in [3.8, 4) is 0 Å². The topological polar surface area (TPSA) is 15.3 Å². The van der Waals surface area contributed by atoms with Gasteiger partial charge in [-0.25, -0.2) is 0 Å². The Morgan fingerprint density at radius 3 is 2.45 bits per heavy atom. The average Bonchev–Trinajstić information content (AvgIpc) is 2.93. The van der Waals surface area contributed by atoms with Crippen LogP contribution in [-0.2, 0) is 0 Å². The van der Waals surface area contributed by atoms with Crippen LogP contribution in [0.3, 0.4) is 0 Å². The van der Waals surface area contributed by atoms with Crippen LogP contribution in [0.1, 0.15) is 29.4 Å². The van der Waals surface area contributed by atoms with Crippen molar-refractivity contribution in [3.63, 3.8) is 0 Å². The fourth-order valence-corrected chi connectivity index (χ4v) is 3.36. The van der Waals surface area contributed by atoms with Crippen LogP contribution >= 0.6 is 27.3 Å². The molecule has 1 heterocycles. The van der Waals surface area contributed by atoms with Crippen molar-refractivity contribution in [1.82, 2.24) is 10.2 Å². The van der Waals surface area contributed by atoms with Gasteiger partial charge in [-0.1, -0.05) is 34.1 Å². The Bertz CT molecular complexity index is 508. The Hall–Kier alpha value is -0.680. The minimum atomic E-state index is 0.352. The lowest BCUT2D eigenvalue weighted by Crippen LogP contribution is -2.32. The highest BCUT2D eigenvalue weighted by atomic mass is 79.9. The molecule has 2 unspecified atom stereocenters. The molecule has 0 radical (unpaired) electrons. The van der Waals surface area contributed by atoms with Gasteiger partial charge < -0.3 is 10.2 Å². The molecule has 2 aromatic rings. The molecule has 0 bridgehead atoms. The van der Waals surface area contributed by atoms with E-state index in [9.17, 15) is 0 Å². The SMILES string of the molecule is CC(NCC(c1cccs1)N(C)C)c1ccc(Br)cc1. The molecule has 1 N–H and O–H groups in total. The molecule has 0 spiro atoms. The standard InChI is InChI=1S/C16H21BrN2S/c1-12(13-6-8-14(17)9-7-13)18-11-15(19(2)3)16-5-4-10-20-16/h4-10,12,15,18H,11H2,1-3H3. The first kappa shape index (κ1) is 15.7. The van der Waals surface area contributed by atoms with Gasteiger partial charge in [0.15, 0.2) is 0 Å². The van der Waals surface area contributed by atoms with Gasteiger partial charge in [-0.05, 0) is 50.2 Å². The zero-order valence-corrected chi connectivity index (χ0v) is 14.5. The normalized spacial score (nSPS) is 14.4. The van der Waals surface area contributed by atoms with Crippen molar-refractivity contribution in [3.05, 3.63) is 56.7 Å². The predicted octanol–water partition coefficient (Wildman–Crippen LogP) is 4.46. The lowest BCUT2D eigenvalue weighted by Gasteiger charge is -2.25. The summed E-state index contributed by atoms with van der Waals surface area (Å²) < 4.78 is 1.12. The molecule has 108 valence electrons. The largest absolute Gasteiger partial charge is 0.308 e. The van der Waals surface area contributed by atoms with Gasteiger partial charge in [0.25, 0.3) is 0 Å². The van der Waals surface area contributed by atoms with Gasteiger partial charge in [0.05, 0.1) is 6.04 Å². The molecule has 2 rings (SSSR count). The highest BCUT2D eigenvalue weighted by Crippen LogP contribution is 2.24. The van der Waals surface area contributed by atoms with Crippen LogP contribution in [0.4, 0.5) is 0 Å². The molecule has 20 heavy (non-hydrogen) atoms. The Labute approximate surface area is 133 Å². The van der Waals surface area contributed by atoms with Crippen LogP contribution in [-0.4, -0.2) is 25.5 Å². The summed E-state index contributed by atoms with van der Waals surface area (Å²) in [6, 6.07) is 13.6. The zero-order valence-electron chi connectivity index (χ0n) is 12.1. The number of likely N-dealkylation sites (N-methyl/N-ethyl adjacent to an activating group) is 1. The van der Waals surface area contributed by atoms with Crippen molar-refractivity contribution in [2.45, 2.75) is 19.0 Å². The number of halogens is 1. The molecule has 0 amide bonds. The number of benzene rings is 1. The van der Waals surface area contributed by atoms with Crippen LogP contribution in [0.5, 0.6) is 0 Å². The van der Waals surface area contributed by atoms with E-state index in [1.54, 1.807) is 0 Å². The number of hydrogen-bond acceptors (Lipinski definition) is 3. The van der Waals surface area contributed by atoms with Crippen molar-refractivity contribution < 1.29 is 0 Å². The van der Waals surface area contributed by atoms with E-state index in [0.29, 0.717) is 12.1 Å². The van der Waals surface area contributed by atoms with E-state index in [2.05, 4.69) is 88.9 Å². The lowest BCUT2D eigenvalue weighted by molar-refractivity contribution is 0.285. The van der Waals surface area contributed by atoms with Crippen LogP contribution in [0.2, 0.25) is 0 Å². The first-order valence-corrected chi connectivity index (χ1v) is 8.44. The van der Waals surface area contributed by atoms with Gasteiger partial charge in [0, 0.05) is 21.9 Å². The summed E-state index contributed by atoms with van der Waals surface area (Å²) >= 11 is 5.30. The van der Waals surface area contributed by atoms with Crippen LogP contribution < -0.4 is 5.32 Å². The molecule has 4 heteroatoms. The first-order chi connectivity index (χ1) is 9.58. The van der Waals surface area contributed by atoms with Crippen molar-refractivity contribution >= 4 is 27.3 Å². The zero-order chi connectivity index (χ0) is 14.5. The summed E-state index contributed by atoms with van der Waals surface area (Å²) in [4.78, 5) is 3.68. The maximum absolute atomic E-state index is 3.64. The van der Waals surface area contributed by atoms with E-state index in [0.717, 1.165) is 11.0 Å². The predicted molar refractivity (Wildman–Crippen MR) is 91.3 cm³/mol. The average molecular weight is 353 g/mol. The summed E-state index contributed by atoms with van der Waals surface area (Å²) in [5.74, 6) is 0. The Kier molecular flexibility index (Phi) is 5.78. The summed E-state index contributed by atoms with van der Waals surface area (Å²) in [6.45, 7) is 3.16. The Morgan fingerprint density at radius 1 is 1.20 bits per heavy atom. The number of nitrogens with one attached hydrogen (secondary N) is 1. The number of thiophene rings is 1. The van der Waals surface area contributed by atoms with Gasteiger partial charge >= 0.3 is 0 Å². The molecule has 1 aromatic heterocycles. The van der Waals surface area contributed by atoms with Crippen LogP contribution in [0, 0.1) is 0 Å². The molecule has 0 aliphatic carbocycles. The van der Waals surface area contributed by atoms with E-state index in [4.69, 9.17) is 0 Å². The quantitative estimate of drug-likeness (QED) is 0.825. The highest BCUT2D eigenvalue weighted by Gasteiger charge is 2.16. The van der Waals surface area contributed by atoms with Gasteiger partial charge in [0.1, 0.15) is 0 Å². The highest BCUT2D eigenvalue weighted by molar-refractivity contribution is 9.10. The summed E-state index contributed by atoms with van der Waals surface area (Å²) in [6.07, 6.45) is 0. The van der Waals surface area contributed by atoms with Gasteiger partial charge in [-0.3, -0.25) is 0 Å². The van der Waals surface area contributed by atoms with Gasteiger partial charge in [0.2, 0.25) is 0 Å². The molecular formula is C16H21BrN2S. The van der Waals surface area contributed by atoms with Gasteiger partial charge in [-0.15, -0.1) is 11.3 Å². The minimum Gasteiger partial charge on any atom is -0.308 e. The summed E-state index contributed by atoms with van der Waals surface area (Å²) in [5.41, 5.74) is 1.32. The fourth-order valence-electron chi connectivity index (χ4n) is 2.18. The van der Waals surface area contributed by atoms with Crippen molar-refractivity contribution in [2.75, 3.05) is 20.6 Å². The lowest BCUT2D eigenvalue weighted by atomic mass is 10.1. The molecule has 2 atom stereocenters. The minimum absolute atomic E-state index is 0.352. The Balaban J connectivity index is 1.97. The third-order valence-electron chi connectivity index (χ3n) is 3.48. The monoisotopic (exact) mass is 352 g/mol. The smallest absolute Gasteiger partial charge is 0.0561 e. The number of rotatable bonds is 6. The molecule has 0 aliphatic rings. The first-order valence-electron chi connectivity index (χ1n) is 6.76. The third-order valence-corrected chi connectivity index (χ3v) is 4.98. The van der Waals surface area contributed by atoms with E-state index in [-0.39, 0.29) is 0 Å². The van der Waals surface area contributed by atoms with Crippen molar-refractivity contribution in [2.24, 2.45) is 0 Å². The number of nitrogens with zero attached hydrogens (tertiary/aromatic N) is 1. The van der Waals surface area contributed by atoms with Crippen LogP contribution in [0.25, 0.3) is 0 Å². The second-order valence-electron chi connectivity index (χ2n) is 5.18. The van der Waals surface area contributed by atoms with E-state index in [1.165, 1.54) is 10.4 Å². The van der Waals surface area contributed by atoms with E-state index in [1.807, 2.05) is 11.3 Å². The second-order valence-corrected chi connectivity index (χ2v) is 7.07. The molecular weight excluding hydrogens is 332 g/mol. The maximum atomic E-state index is 3.64. The van der Waals surface area contributed by atoms with Gasteiger partial charge in [-0.2, -0.15) is 0 Å². The molecule has 1 aromatic carbocycles. The van der Waals surface area contributed by atoms with E-state index < -0.39 is 0 Å². The maximum Gasteiger partial charge on any atom is 0.0561 e. The molecule has 0 saturated heterocycles. The van der Waals surface area contributed by atoms with E-state index >= 15 is 0 Å². The molecule has 0 aliphatic heterocycles. The molecule has 0 saturated carbocycles. The molecule has 2 nitrogen and oxygen atoms in total. The fraction of sp³-hybridized carbons (Fsp3) is 0.375. The summed E-state index contributed by atoms with van der Waals surface area (Å²) in [7, 11) is 4.27. The summed E-state index contributed by atoms with van der Waals surface area (Å²) in [5, 5.41) is 5.78. The third kappa shape index (κ3) is 4.16. The van der Waals surface area contributed by atoms with Crippen molar-refractivity contribution in [1.29, 1.82) is 0 Å². The molecule has 0 fully saturated rings. The second kappa shape index (κ2) is 7.36. The number of hydrogen-bond donors (Lipinski definition) is 1. The Morgan fingerprint density at radius 2 is 1.90 bits per heavy atom.